The van der Waals surface area contributed by atoms with E-state index in [4.69, 9.17) is 20.8 Å². The molecule has 1 amide bonds. The van der Waals surface area contributed by atoms with Gasteiger partial charge in [0, 0.05) is 36.8 Å². The molecule has 0 bridgehead atoms. The number of hydrogen-bond donors (Lipinski definition) is 1. The summed E-state index contributed by atoms with van der Waals surface area (Å²) in [6.45, 7) is 8.67. The highest BCUT2D eigenvalue weighted by atomic mass is 35.5. The van der Waals surface area contributed by atoms with Crippen LogP contribution in [0.4, 0.5) is 6.01 Å². The molecule has 0 saturated carbocycles. The molecule has 0 radical (unpaired) electrons. The topological polar surface area (TPSA) is 67.6 Å². The first-order chi connectivity index (χ1) is 15.0. The average Bonchev–Trinajstić information content (AvgIpc) is 3.16. The molecule has 0 unspecified atom stereocenters. The fourth-order valence-corrected chi connectivity index (χ4v) is 3.52. The number of amides is 1. The molecular formula is C24H30ClN3O3. The Labute approximate surface area is 188 Å². The van der Waals surface area contributed by atoms with E-state index >= 15 is 0 Å². The number of benzene rings is 2. The minimum atomic E-state index is 0.00438. The molecule has 1 N–H and O–H groups in total. The van der Waals surface area contributed by atoms with Crippen molar-refractivity contribution in [3.63, 3.8) is 0 Å². The third kappa shape index (κ3) is 6.71. The van der Waals surface area contributed by atoms with Gasteiger partial charge in [-0.1, -0.05) is 30.7 Å². The van der Waals surface area contributed by atoms with Crippen LogP contribution in [-0.4, -0.2) is 41.6 Å². The molecule has 166 valence electrons. The average molecular weight is 444 g/mol. The molecule has 0 spiro atoms. The second kappa shape index (κ2) is 11.2. The van der Waals surface area contributed by atoms with E-state index in [1.165, 1.54) is 0 Å². The minimum Gasteiger partial charge on any atom is -0.424 e. The van der Waals surface area contributed by atoms with E-state index in [1.807, 2.05) is 43.0 Å². The molecule has 7 heteroatoms. The number of hydrogen-bond acceptors (Lipinski definition) is 5. The molecule has 3 rings (SSSR count). The Morgan fingerprint density at radius 3 is 2.81 bits per heavy atom. The van der Waals surface area contributed by atoms with Crippen molar-refractivity contribution in [1.29, 1.82) is 0 Å². The first-order valence-electron chi connectivity index (χ1n) is 10.8. The third-order valence-electron chi connectivity index (χ3n) is 4.77. The summed E-state index contributed by atoms with van der Waals surface area (Å²) in [5.41, 5.74) is 2.93. The van der Waals surface area contributed by atoms with Crippen LogP contribution in [0.3, 0.4) is 0 Å². The van der Waals surface area contributed by atoms with Crippen molar-refractivity contribution in [1.82, 2.24) is 9.88 Å². The van der Waals surface area contributed by atoms with E-state index in [-0.39, 0.29) is 12.0 Å². The van der Waals surface area contributed by atoms with Crippen LogP contribution in [0.2, 0.25) is 5.02 Å². The molecule has 0 aliphatic rings. The van der Waals surface area contributed by atoms with Gasteiger partial charge in [0.2, 0.25) is 0 Å². The normalized spacial score (nSPS) is 11.3. The van der Waals surface area contributed by atoms with Crippen LogP contribution in [0.25, 0.3) is 11.1 Å². The third-order valence-corrected chi connectivity index (χ3v) is 5.01. The van der Waals surface area contributed by atoms with E-state index in [0.29, 0.717) is 53.9 Å². The summed E-state index contributed by atoms with van der Waals surface area (Å²) in [5, 5.41) is 3.85. The van der Waals surface area contributed by atoms with Crippen LogP contribution in [0, 0.1) is 0 Å². The maximum Gasteiger partial charge on any atom is 0.295 e. The number of nitrogens with zero attached hydrogens (tertiary/aromatic N) is 2. The summed E-state index contributed by atoms with van der Waals surface area (Å²) < 4.78 is 11.4. The SMILES string of the molecule is CCCN(CCCOC(C)C)C(=O)c1ccc2oc(NCc3cccc(Cl)c3)nc2c1. The fraction of sp³-hybridized carbons (Fsp3) is 0.417. The van der Waals surface area contributed by atoms with Crippen molar-refractivity contribution in [3.05, 3.63) is 58.6 Å². The number of carbonyl (C=O) groups is 1. The Morgan fingerprint density at radius 2 is 2.06 bits per heavy atom. The van der Waals surface area contributed by atoms with Crippen LogP contribution in [0.1, 0.15) is 49.5 Å². The van der Waals surface area contributed by atoms with E-state index < -0.39 is 0 Å². The largest absolute Gasteiger partial charge is 0.424 e. The summed E-state index contributed by atoms with van der Waals surface area (Å²) >= 11 is 6.03. The summed E-state index contributed by atoms with van der Waals surface area (Å²) in [5.74, 6) is 0.00438. The predicted molar refractivity (Wildman–Crippen MR) is 125 cm³/mol. The molecule has 2 aromatic carbocycles. The molecule has 6 nitrogen and oxygen atoms in total. The molecule has 31 heavy (non-hydrogen) atoms. The van der Waals surface area contributed by atoms with Gasteiger partial charge < -0.3 is 19.4 Å². The number of carbonyl (C=O) groups excluding carboxylic acids is 1. The second-order valence-corrected chi connectivity index (χ2v) is 8.19. The lowest BCUT2D eigenvalue weighted by molar-refractivity contribution is 0.0617. The van der Waals surface area contributed by atoms with Crippen molar-refractivity contribution in [2.45, 2.75) is 46.3 Å². The van der Waals surface area contributed by atoms with E-state index in [1.54, 1.807) is 18.2 Å². The maximum atomic E-state index is 13.1. The van der Waals surface area contributed by atoms with Gasteiger partial charge in [0.05, 0.1) is 6.10 Å². The lowest BCUT2D eigenvalue weighted by Crippen LogP contribution is -2.33. The van der Waals surface area contributed by atoms with Crippen molar-refractivity contribution >= 4 is 34.6 Å². The highest BCUT2D eigenvalue weighted by molar-refractivity contribution is 6.30. The number of halogens is 1. The van der Waals surface area contributed by atoms with Crippen LogP contribution in [0.15, 0.2) is 46.9 Å². The number of oxazole rings is 1. The number of rotatable bonds is 11. The van der Waals surface area contributed by atoms with Crippen molar-refractivity contribution in [2.24, 2.45) is 0 Å². The number of fused-ring (bicyclic) bond motifs is 1. The van der Waals surface area contributed by atoms with Crippen LogP contribution in [-0.2, 0) is 11.3 Å². The van der Waals surface area contributed by atoms with Gasteiger partial charge in [-0.25, -0.2) is 0 Å². The highest BCUT2D eigenvalue weighted by Gasteiger charge is 2.17. The van der Waals surface area contributed by atoms with E-state index in [9.17, 15) is 4.79 Å². The van der Waals surface area contributed by atoms with Crippen molar-refractivity contribution in [3.8, 4) is 0 Å². The van der Waals surface area contributed by atoms with Gasteiger partial charge >= 0.3 is 0 Å². The zero-order chi connectivity index (χ0) is 22.2. The monoisotopic (exact) mass is 443 g/mol. The van der Waals surface area contributed by atoms with Gasteiger partial charge in [0.25, 0.3) is 11.9 Å². The molecule has 1 heterocycles. The number of nitrogens with one attached hydrogen (secondary N) is 1. The Bertz CT molecular complexity index is 1000. The van der Waals surface area contributed by atoms with E-state index in [0.717, 1.165) is 18.4 Å². The Hall–Kier alpha value is -2.57. The summed E-state index contributed by atoms with van der Waals surface area (Å²) in [4.78, 5) is 19.4. The molecule has 0 aliphatic heterocycles. The van der Waals surface area contributed by atoms with E-state index in [2.05, 4.69) is 17.2 Å². The Balaban J connectivity index is 1.66. The zero-order valence-electron chi connectivity index (χ0n) is 18.4. The Kier molecular flexibility index (Phi) is 8.32. The van der Waals surface area contributed by atoms with Crippen molar-refractivity contribution in [2.75, 3.05) is 25.0 Å². The minimum absolute atomic E-state index is 0.00438. The molecule has 0 fully saturated rings. The standard InChI is InChI=1S/C24H30ClN3O3/c1-4-11-28(12-6-13-30-17(2)3)23(29)19-9-10-22-21(15-19)27-24(31-22)26-16-18-7-5-8-20(25)14-18/h5,7-10,14-15,17H,4,6,11-13,16H2,1-3H3,(H,26,27). The lowest BCUT2D eigenvalue weighted by atomic mass is 10.1. The summed E-state index contributed by atoms with van der Waals surface area (Å²) in [6, 6.07) is 13.4. The van der Waals surface area contributed by atoms with Gasteiger partial charge in [-0.3, -0.25) is 4.79 Å². The molecule has 1 aromatic heterocycles. The van der Waals surface area contributed by atoms with Crippen LogP contribution < -0.4 is 5.32 Å². The number of aromatic nitrogens is 1. The molecular weight excluding hydrogens is 414 g/mol. The van der Waals surface area contributed by atoms with Gasteiger partial charge in [-0.2, -0.15) is 4.98 Å². The molecule has 3 aromatic rings. The predicted octanol–water partition coefficient (Wildman–Crippen LogP) is 5.76. The van der Waals surface area contributed by atoms with Crippen LogP contribution in [0.5, 0.6) is 0 Å². The zero-order valence-corrected chi connectivity index (χ0v) is 19.1. The quantitative estimate of drug-likeness (QED) is 0.381. The first kappa shape index (κ1) is 23.1. The summed E-state index contributed by atoms with van der Waals surface area (Å²) in [7, 11) is 0. The van der Waals surface area contributed by atoms with Gasteiger partial charge in [0.1, 0.15) is 5.52 Å². The van der Waals surface area contributed by atoms with Crippen molar-refractivity contribution < 1.29 is 13.9 Å². The number of ether oxygens (including phenoxy) is 1. The second-order valence-electron chi connectivity index (χ2n) is 7.75. The highest BCUT2D eigenvalue weighted by Crippen LogP contribution is 2.22. The number of anilines is 1. The van der Waals surface area contributed by atoms with Crippen LogP contribution >= 0.6 is 11.6 Å². The summed E-state index contributed by atoms with van der Waals surface area (Å²) in [6.07, 6.45) is 1.92. The first-order valence-corrected chi connectivity index (χ1v) is 11.1. The molecule has 0 aliphatic carbocycles. The van der Waals surface area contributed by atoms with Gasteiger partial charge in [-0.05, 0) is 62.6 Å². The molecule has 0 saturated heterocycles. The van der Waals surface area contributed by atoms with Gasteiger partial charge in [-0.15, -0.1) is 0 Å². The smallest absolute Gasteiger partial charge is 0.295 e. The van der Waals surface area contributed by atoms with Gasteiger partial charge in [0.15, 0.2) is 5.58 Å². The molecule has 0 atom stereocenters. The Morgan fingerprint density at radius 1 is 1.23 bits per heavy atom. The maximum absolute atomic E-state index is 13.1. The lowest BCUT2D eigenvalue weighted by Gasteiger charge is -2.22. The fourth-order valence-electron chi connectivity index (χ4n) is 3.30.